The van der Waals surface area contributed by atoms with E-state index >= 15 is 0 Å². The molecule has 0 atom stereocenters. The van der Waals surface area contributed by atoms with Gasteiger partial charge in [-0.3, -0.25) is 9.59 Å². The molecule has 1 aliphatic rings. The fourth-order valence-electron chi connectivity index (χ4n) is 3.32. The number of aromatic amines is 1. The first-order valence-electron chi connectivity index (χ1n) is 8.66. The summed E-state index contributed by atoms with van der Waals surface area (Å²) in [4.78, 5) is 29.6. The zero-order valence-corrected chi connectivity index (χ0v) is 14.5. The second kappa shape index (κ2) is 6.59. The van der Waals surface area contributed by atoms with Gasteiger partial charge in [0.2, 0.25) is 0 Å². The Balaban J connectivity index is 1.60. The molecule has 0 aliphatic carbocycles. The number of aryl methyl sites for hydroxylation is 1. The van der Waals surface area contributed by atoms with Crippen molar-refractivity contribution in [2.45, 2.75) is 26.3 Å². The number of pyridine rings is 1. The van der Waals surface area contributed by atoms with Gasteiger partial charge in [-0.25, -0.2) is 4.68 Å². The van der Waals surface area contributed by atoms with Crippen LogP contribution in [0, 0.1) is 0 Å². The van der Waals surface area contributed by atoms with Gasteiger partial charge in [-0.1, -0.05) is 30.3 Å². The smallest absolute Gasteiger partial charge is 0.276 e. The SMILES string of the molecule is CCc1ccccc1-n1cc(C(=O)N2CCc3[nH]ccc(=O)c3C2)nn1. The van der Waals surface area contributed by atoms with Gasteiger partial charge in [-0.15, -0.1) is 5.10 Å². The van der Waals surface area contributed by atoms with E-state index in [0.717, 1.165) is 23.4 Å². The summed E-state index contributed by atoms with van der Waals surface area (Å²) in [7, 11) is 0. The van der Waals surface area contributed by atoms with Crippen molar-refractivity contribution in [3.8, 4) is 5.69 Å². The molecule has 0 saturated heterocycles. The molecule has 132 valence electrons. The maximum Gasteiger partial charge on any atom is 0.276 e. The average molecular weight is 349 g/mol. The van der Waals surface area contributed by atoms with Gasteiger partial charge in [-0.05, 0) is 18.1 Å². The highest BCUT2D eigenvalue weighted by Gasteiger charge is 2.25. The van der Waals surface area contributed by atoms with Gasteiger partial charge < -0.3 is 9.88 Å². The van der Waals surface area contributed by atoms with Gasteiger partial charge in [0, 0.05) is 36.5 Å². The van der Waals surface area contributed by atoms with E-state index in [4.69, 9.17) is 0 Å². The Labute approximate surface area is 150 Å². The molecule has 0 saturated carbocycles. The van der Waals surface area contributed by atoms with Gasteiger partial charge in [-0.2, -0.15) is 0 Å². The maximum atomic E-state index is 12.8. The lowest BCUT2D eigenvalue weighted by Crippen LogP contribution is -2.38. The van der Waals surface area contributed by atoms with Gasteiger partial charge in [0.25, 0.3) is 5.91 Å². The Kier molecular flexibility index (Phi) is 4.12. The molecule has 1 N–H and O–H groups in total. The number of hydrogen-bond acceptors (Lipinski definition) is 4. The lowest BCUT2D eigenvalue weighted by molar-refractivity contribution is 0.0727. The Morgan fingerprint density at radius 2 is 2.12 bits per heavy atom. The first kappa shape index (κ1) is 16.3. The summed E-state index contributed by atoms with van der Waals surface area (Å²) in [5.41, 5.74) is 3.85. The van der Waals surface area contributed by atoms with Crippen LogP contribution in [0.2, 0.25) is 0 Å². The van der Waals surface area contributed by atoms with Crippen LogP contribution in [-0.4, -0.2) is 37.3 Å². The standard InChI is InChI=1S/C19H19N5O2/c1-2-13-5-3-4-6-17(13)24-12-16(21-22-24)19(26)23-10-8-15-14(11-23)18(25)7-9-20-15/h3-7,9,12H,2,8,10-11H2,1H3,(H,20,25). The van der Waals surface area contributed by atoms with E-state index in [1.807, 2.05) is 24.3 Å². The molecule has 7 heteroatoms. The third-order valence-electron chi connectivity index (χ3n) is 4.75. The number of carbonyl (C=O) groups excluding carboxylic acids is 1. The minimum absolute atomic E-state index is 0.0447. The molecule has 0 spiro atoms. The monoisotopic (exact) mass is 349 g/mol. The first-order chi connectivity index (χ1) is 12.7. The molecule has 3 heterocycles. The molecule has 0 unspecified atom stereocenters. The summed E-state index contributed by atoms with van der Waals surface area (Å²) in [6, 6.07) is 9.40. The molecule has 26 heavy (non-hydrogen) atoms. The molecule has 3 aromatic rings. The number of para-hydroxylation sites is 1. The minimum Gasteiger partial charge on any atom is -0.364 e. The van der Waals surface area contributed by atoms with Crippen molar-refractivity contribution in [1.82, 2.24) is 24.9 Å². The fraction of sp³-hybridized carbons (Fsp3) is 0.263. The number of nitrogens with zero attached hydrogens (tertiary/aromatic N) is 4. The van der Waals surface area contributed by atoms with Crippen LogP contribution in [0.4, 0.5) is 0 Å². The lowest BCUT2D eigenvalue weighted by Gasteiger charge is -2.27. The number of fused-ring (bicyclic) bond motifs is 1. The normalized spacial score (nSPS) is 13.5. The maximum absolute atomic E-state index is 12.8. The van der Waals surface area contributed by atoms with Crippen molar-refractivity contribution < 1.29 is 4.79 Å². The molecule has 4 rings (SSSR count). The van der Waals surface area contributed by atoms with Crippen molar-refractivity contribution in [3.05, 3.63) is 75.5 Å². The third kappa shape index (κ3) is 2.81. The summed E-state index contributed by atoms with van der Waals surface area (Å²) in [6.45, 7) is 2.91. The predicted molar refractivity (Wildman–Crippen MR) is 96.2 cm³/mol. The van der Waals surface area contributed by atoms with Crippen molar-refractivity contribution in [1.29, 1.82) is 0 Å². The lowest BCUT2D eigenvalue weighted by atomic mass is 10.1. The van der Waals surface area contributed by atoms with E-state index in [2.05, 4.69) is 22.2 Å². The van der Waals surface area contributed by atoms with E-state index in [-0.39, 0.29) is 17.0 Å². The summed E-state index contributed by atoms with van der Waals surface area (Å²) in [5, 5.41) is 8.18. The largest absolute Gasteiger partial charge is 0.364 e. The van der Waals surface area contributed by atoms with E-state index in [1.165, 1.54) is 6.07 Å². The van der Waals surface area contributed by atoms with Gasteiger partial charge >= 0.3 is 0 Å². The van der Waals surface area contributed by atoms with E-state index in [0.29, 0.717) is 25.1 Å². The van der Waals surface area contributed by atoms with Crippen molar-refractivity contribution in [2.24, 2.45) is 0 Å². The fourth-order valence-corrected chi connectivity index (χ4v) is 3.32. The Morgan fingerprint density at radius 3 is 2.96 bits per heavy atom. The van der Waals surface area contributed by atoms with E-state index in [9.17, 15) is 9.59 Å². The molecule has 0 bridgehead atoms. The van der Waals surface area contributed by atoms with Crippen LogP contribution in [0.15, 0.2) is 47.5 Å². The van der Waals surface area contributed by atoms with Gasteiger partial charge in [0.15, 0.2) is 11.1 Å². The number of rotatable bonds is 3. The topological polar surface area (TPSA) is 83.9 Å². The number of amides is 1. The van der Waals surface area contributed by atoms with Crippen molar-refractivity contribution in [3.63, 3.8) is 0 Å². The molecule has 0 radical (unpaired) electrons. The number of H-pyrrole nitrogens is 1. The third-order valence-corrected chi connectivity index (χ3v) is 4.75. The van der Waals surface area contributed by atoms with Gasteiger partial charge in [0.05, 0.1) is 18.4 Å². The van der Waals surface area contributed by atoms with Crippen LogP contribution in [-0.2, 0) is 19.4 Å². The van der Waals surface area contributed by atoms with Crippen LogP contribution in [0.3, 0.4) is 0 Å². The van der Waals surface area contributed by atoms with E-state index in [1.54, 1.807) is 22.0 Å². The molecular weight excluding hydrogens is 330 g/mol. The molecule has 1 aromatic carbocycles. The average Bonchev–Trinajstić information content (AvgIpc) is 3.17. The molecule has 7 nitrogen and oxygen atoms in total. The van der Waals surface area contributed by atoms with Crippen LogP contribution >= 0.6 is 0 Å². The summed E-state index contributed by atoms with van der Waals surface area (Å²) in [5.74, 6) is -0.209. The number of aromatic nitrogens is 4. The quantitative estimate of drug-likeness (QED) is 0.780. The minimum atomic E-state index is -0.209. The first-order valence-corrected chi connectivity index (χ1v) is 8.66. The highest BCUT2D eigenvalue weighted by atomic mass is 16.2. The van der Waals surface area contributed by atoms with Crippen LogP contribution < -0.4 is 5.43 Å². The Bertz CT molecular complexity index is 1020. The predicted octanol–water partition coefficient (Wildman–Crippen LogP) is 1.72. The Morgan fingerprint density at radius 1 is 1.27 bits per heavy atom. The van der Waals surface area contributed by atoms with Crippen molar-refractivity contribution in [2.75, 3.05) is 6.54 Å². The zero-order chi connectivity index (χ0) is 18.1. The van der Waals surface area contributed by atoms with Gasteiger partial charge in [0.1, 0.15) is 0 Å². The number of hydrogen-bond donors (Lipinski definition) is 1. The molecule has 1 aliphatic heterocycles. The Hall–Kier alpha value is -3.22. The van der Waals surface area contributed by atoms with Crippen LogP contribution in [0.1, 0.15) is 34.2 Å². The summed E-state index contributed by atoms with van der Waals surface area (Å²) >= 11 is 0. The number of nitrogens with one attached hydrogen (secondary N) is 1. The number of carbonyl (C=O) groups is 1. The van der Waals surface area contributed by atoms with Crippen molar-refractivity contribution >= 4 is 5.91 Å². The molecule has 0 fully saturated rings. The molecular formula is C19H19N5O2. The molecule has 2 aromatic heterocycles. The zero-order valence-electron chi connectivity index (χ0n) is 14.5. The van der Waals surface area contributed by atoms with Crippen LogP contribution in [0.5, 0.6) is 0 Å². The summed E-state index contributed by atoms with van der Waals surface area (Å²) in [6.07, 6.45) is 4.80. The van der Waals surface area contributed by atoms with Crippen LogP contribution in [0.25, 0.3) is 5.69 Å². The summed E-state index contributed by atoms with van der Waals surface area (Å²) < 4.78 is 1.64. The second-order valence-corrected chi connectivity index (χ2v) is 6.31. The second-order valence-electron chi connectivity index (χ2n) is 6.31. The number of benzene rings is 1. The molecule has 1 amide bonds. The van der Waals surface area contributed by atoms with E-state index < -0.39 is 0 Å². The highest BCUT2D eigenvalue weighted by Crippen LogP contribution is 2.17. The highest BCUT2D eigenvalue weighted by molar-refractivity contribution is 5.92.